The number of aromatic nitrogens is 2. The second-order valence-electron chi connectivity index (χ2n) is 7.64. The summed E-state index contributed by atoms with van der Waals surface area (Å²) in [5, 5.41) is 0.604. The molecular weight excluding hydrogens is 448 g/mol. The summed E-state index contributed by atoms with van der Waals surface area (Å²) in [7, 11) is 3.20. The van der Waals surface area contributed by atoms with Crippen molar-refractivity contribution < 1.29 is 14.3 Å². The summed E-state index contributed by atoms with van der Waals surface area (Å²) >= 11 is 1.44. The Balaban J connectivity index is 1.73. The standard InChI is InChI=1S/C26H28N4O3S/c1-5-29(6-2)20-11-9-19(10-12-20)25(31)30(17-18-8-7-13-27-16-18)26-28-21-14-22(32-3)23(33-4)15-24(21)34-26/h7-16H,5-6,17H2,1-4H3. The van der Waals surface area contributed by atoms with Gasteiger partial charge in [0, 0.05) is 48.9 Å². The number of thiazole rings is 1. The van der Waals surface area contributed by atoms with Crippen molar-refractivity contribution in [1.29, 1.82) is 0 Å². The number of nitrogens with zero attached hydrogens (tertiary/aromatic N) is 4. The lowest BCUT2D eigenvalue weighted by Gasteiger charge is -2.22. The van der Waals surface area contributed by atoms with Crippen molar-refractivity contribution in [2.24, 2.45) is 0 Å². The smallest absolute Gasteiger partial charge is 0.260 e. The molecule has 176 valence electrons. The maximum absolute atomic E-state index is 13.7. The quantitative estimate of drug-likeness (QED) is 0.322. The zero-order valence-corrected chi connectivity index (χ0v) is 20.6. The van der Waals surface area contributed by atoms with Gasteiger partial charge in [-0.1, -0.05) is 17.4 Å². The number of carbonyl (C=O) groups excluding carboxylic acids is 1. The minimum Gasteiger partial charge on any atom is -0.493 e. The van der Waals surface area contributed by atoms with Gasteiger partial charge in [0.25, 0.3) is 5.91 Å². The number of hydrogen-bond donors (Lipinski definition) is 0. The van der Waals surface area contributed by atoms with Crippen molar-refractivity contribution in [2.45, 2.75) is 20.4 Å². The first-order valence-electron chi connectivity index (χ1n) is 11.2. The van der Waals surface area contributed by atoms with E-state index in [4.69, 9.17) is 14.5 Å². The van der Waals surface area contributed by atoms with Crippen LogP contribution in [0.3, 0.4) is 0 Å². The van der Waals surface area contributed by atoms with Crippen LogP contribution in [0, 0.1) is 0 Å². The number of pyridine rings is 1. The number of benzene rings is 2. The van der Waals surface area contributed by atoms with Crippen LogP contribution in [0.1, 0.15) is 29.8 Å². The highest BCUT2D eigenvalue weighted by Gasteiger charge is 2.23. The van der Waals surface area contributed by atoms with E-state index in [-0.39, 0.29) is 5.91 Å². The average Bonchev–Trinajstić information content (AvgIpc) is 3.30. The minimum atomic E-state index is -0.118. The fourth-order valence-electron chi connectivity index (χ4n) is 3.82. The number of ether oxygens (including phenoxy) is 2. The molecule has 0 unspecified atom stereocenters. The van der Waals surface area contributed by atoms with Gasteiger partial charge in [-0.15, -0.1) is 0 Å². The number of amides is 1. The van der Waals surface area contributed by atoms with E-state index in [0.29, 0.717) is 28.7 Å². The number of hydrogen-bond acceptors (Lipinski definition) is 7. The molecule has 0 radical (unpaired) electrons. The molecule has 4 rings (SSSR count). The first kappa shape index (κ1) is 23.5. The second kappa shape index (κ2) is 10.5. The molecule has 0 spiro atoms. The zero-order chi connectivity index (χ0) is 24.1. The van der Waals surface area contributed by atoms with Gasteiger partial charge >= 0.3 is 0 Å². The highest BCUT2D eigenvalue weighted by molar-refractivity contribution is 7.22. The van der Waals surface area contributed by atoms with Gasteiger partial charge in [0.15, 0.2) is 16.6 Å². The summed E-state index contributed by atoms with van der Waals surface area (Å²) in [4.78, 5) is 26.6. The van der Waals surface area contributed by atoms with E-state index in [2.05, 4.69) is 23.7 Å². The van der Waals surface area contributed by atoms with Crippen LogP contribution < -0.4 is 19.3 Å². The van der Waals surface area contributed by atoms with Crippen molar-refractivity contribution in [3.05, 3.63) is 72.1 Å². The predicted molar refractivity (Wildman–Crippen MR) is 137 cm³/mol. The van der Waals surface area contributed by atoms with Gasteiger partial charge in [0.05, 0.1) is 31.0 Å². The molecule has 2 aromatic carbocycles. The molecule has 34 heavy (non-hydrogen) atoms. The van der Waals surface area contributed by atoms with Gasteiger partial charge in [-0.25, -0.2) is 4.98 Å². The van der Waals surface area contributed by atoms with E-state index in [1.165, 1.54) is 11.3 Å². The summed E-state index contributed by atoms with van der Waals surface area (Å²) in [5.74, 6) is 1.11. The molecule has 0 atom stereocenters. The molecule has 0 aliphatic heterocycles. The van der Waals surface area contributed by atoms with E-state index in [1.807, 2.05) is 48.5 Å². The van der Waals surface area contributed by atoms with E-state index in [1.54, 1.807) is 31.5 Å². The topological polar surface area (TPSA) is 67.8 Å². The Morgan fingerprint density at radius 3 is 2.32 bits per heavy atom. The monoisotopic (exact) mass is 476 g/mol. The highest BCUT2D eigenvalue weighted by atomic mass is 32.1. The van der Waals surface area contributed by atoms with Crippen molar-refractivity contribution >= 4 is 38.3 Å². The van der Waals surface area contributed by atoms with Gasteiger partial charge in [0.1, 0.15) is 0 Å². The summed E-state index contributed by atoms with van der Waals surface area (Å²) in [6, 6.07) is 15.3. The van der Waals surface area contributed by atoms with Crippen molar-refractivity contribution in [3.8, 4) is 11.5 Å². The van der Waals surface area contributed by atoms with Crippen LogP contribution >= 0.6 is 11.3 Å². The van der Waals surface area contributed by atoms with E-state index in [0.717, 1.165) is 34.6 Å². The third kappa shape index (κ3) is 4.82. The molecule has 4 aromatic rings. The molecule has 0 aliphatic rings. The van der Waals surface area contributed by atoms with Crippen LogP contribution in [0.15, 0.2) is 60.9 Å². The van der Waals surface area contributed by atoms with Crippen molar-refractivity contribution in [1.82, 2.24) is 9.97 Å². The summed E-state index contributed by atoms with van der Waals surface area (Å²) in [5.41, 5.74) is 3.37. The van der Waals surface area contributed by atoms with Gasteiger partial charge < -0.3 is 14.4 Å². The third-order valence-electron chi connectivity index (χ3n) is 5.66. The Labute approximate surface area is 203 Å². The van der Waals surface area contributed by atoms with Crippen LogP contribution in [0.4, 0.5) is 10.8 Å². The zero-order valence-electron chi connectivity index (χ0n) is 19.8. The van der Waals surface area contributed by atoms with Crippen LogP contribution in [-0.4, -0.2) is 43.2 Å². The second-order valence-corrected chi connectivity index (χ2v) is 8.65. The fourth-order valence-corrected chi connectivity index (χ4v) is 4.79. The van der Waals surface area contributed by atoms with E-state index in [9.17, 15) is 4.79 Å². The Bertz CT molecular complexity index is 1210. The fraction of sp³-hybridized carbons (Fsp3) is 0.269. The lowest BCUT2D eigenvalue weighted by Crippen LogP contribution is -2.30. The number of fused-ring (bicyclic) bond motifs is 1. The first-order chi connectivity index (χ1) is 16.6. The van der Waals surface area contributed by atoms with Crippen LogP contribution in [0.5, 0.6) is 11.5 Å². The molecule has 2 aromatic heterocycles. The lowest BCUT2D eigenvalue weighted by atomic mass is 10.1. The molecule has 2 heterocycles. The predicted octanol–water partition coefficient (Wildman–Crippen LogP) is 5.40. The minimum absolute atomic E-state index is 0.118. The van der Waals surface area contributed by atoms with Gasteiger partial charge in [0.2, 0.25) is 0 Å². The summed E-state index contributed by atoms with van der Waals surface area (Å²) in [6.07, 6.45) is 3.49. The first-order valence-corrected chi connectivity index (χ1v) is 12.0. The third-order valence-corrected chi connectivity index (χ3v) is 6.71. The van der Waals surface area contributed by atoms with Gasteiger partial charge in [-0.3, -0.25) is 14.7 Å². The molecule has 0 N–H and O–H groups in total. The van der Waals surface area contributed by atoms with Gasteiger partial charge in [-0.2, -0.15) is 0 Å². The van der Waals surface area contributed by atoms with Crippen molar-refractivity contribution in [3.63, 3.8) is 0 Å². The SMILES string of the molecule is CCN(CC)c1ccc(C(=O)N(Cc2cccnc2)c2nc3cc(OC)c(OC)cc3s2)cc1. The van der Waals surface area contributed by atoms with Crippen LogP contribution in [0.2, 0.25) is 0 Å². The highest BCUT2D eigenvalue weighted by Crippen LogP contribution is 2.38. The maximum atomic E-state index is 13.7. The Hall–Kier alpha value is -3.65. The Morgan fingerprint density at radius 1 is 1.00 bits per heavy atom. The van der Waals surface area contributed by atoms with Crippen molar-refractivity contribution in [2.75, 3.05) is 37.1 Å². The molecule has 0 saturated carbocycles. The average molecular weight is 477 g/mol. The van der Waals surface area contributed by atoms with Crippen LogP contribution in [0.25, 0.3) is 10.2 Å². The molecular formula is C26H28N4O3S. The number of carbonyl (C=O) groups is 1. The number of anilines is 2. The van der Waals surface area contributed by atoms with Crippen LogP contribution in [-0.2, 0) is 6.54 Å². The van der Waals surface area contributed by atoms with E-state index >= 15 is 0 Å². The van der Waals surface area contributed by atoms with E-state index < -0.39 is 0 Å². The Kier molecular flexibility index (Phi) is 7.27. The maximum Gasteiger partial charge on any atom is 0.260 e. The molecule has 8 heteroatoms. The molecule has 7 nitrogen and oxygen atoms in total. The molecule has 0 bridgehead atoms. The molecule has 0 fully saturated rings. The summed E-state index contributed by atoms with van der Waals surface area (Å²) in [6.45, 7) is 6.42. The number of rotatable bonds is 9. The lowest BCUT2D eigenvalue weighted by molar-refractivity contribution is 0.0985. The van der Waals surface area contributed by atoms with Gasteiger partial charge in [-0.05, 0) is 49.7 Å². The largest absolute Gasteiger partial charge is 0.493 e. The molecule has 1 amide bonds. The molecule has 0 saturated heterocycles. The Morgan fingerprint density at radius 2 is 1.71 bits per heavy atom. The summed E-state index contributed by atoms with van der Waals surface area (Å²) < 4.78 is 11.8. The number of methoxy groups -OCH3 is 2. The molecule has 0 aliphatic carbocycles. The normalized spacial score (nSPS) is 10.8.